The van der Waals surface area contributed by atoms with E-state index in [1.54, 1.807) is 42.5 Å². The van der Waals surface area contributed by atoms with Crippen molar-refractivity contribution in [3.63, 3.8) is 0 Å². The van der Waals surface area contributed by atoms with Gasteiger partial charge in [0.1, 0.15) is 30.0 Å². The van der Waals surface area contributed by atoms with Crippen LogP contribution in [-0.4, -0.2) is 22.0 Å². The zero-order chi connectivity index (χ0) is 22.7. The van der Waals surface area contributed by atoms with Crippen molar-refractivity contribution in [3.8, 4) is 22.9 Å². The number of rotatable bonds is 6. The average molecular weight is 432 g/mol. The predicted molar refractivity (Wildman–Crippen MR) is 116 cm³/mol. The number of hydrogen-bond acceptors (Lipinski definition) is 6. The summed E-state index contributed by atoms with van der Waals surface area (Å²) in [6, 6.07) is 16.7. The van der Waals surface area contributed by atoms with Gasteiger partial charge in [-0.3, -0.25) is 5.01 Å². The van der Waals surface area contributed by atoms with Crippen LogP contribution in [0.2, 0.25) is 0 Å². The van der Waals surface area contributed by atoms with Gasteiger partial charge in [0.2, 0.25) is 0 Å². The van der Waals surface area contributed by atoms with Crippen LogP contribution in [0.15, 0.2) is 67.3 Å². The van der Waals surface area contributed by atoms with Gasteiger partial charge in [0.05, 0.1) is 31.0 Å². The summed E-state index contributed by atoms with van der Waals surface area (Å²) < 4.78 is 35.8. The Morgan fingerprint density at radius 1 is 1.03 bits per heavy atom. The number of nitrogens with zero attached hydrogens (tertiary/aromatic N) is 5. The molecule has 160 valence electrons. The number of aromatic nitrogens is 3. The van der Waals surface area contributed by atoms with Crippen LogP contribution < -0.4 is 15.5 Å². The molecule has 4 aromatic rings. The number of hydrogen-bond donors (Lipinski definition) is 1. The van der Waals surface area contributed by atoms with Crippen molar-refractivity contribution in [2.24, 2.45) is 0 Å². The van der Waals surface area contributed by atoms with Crippen LogP contribution in [-0.2, 0) is 6.54 Å². The molecule has 3 aromatic carbocycles. The van der Waals surface area contributed by atoms with Crippen molar-refractivity contribution in [3.05, 3.63) is 90.0 Å². The second-order valence-corrected chi connectivity index (χ2v) is 6.93. The Morgan fingerprint density at radius 3 is 2.28 bits per heavy atom. The van der Waals surface area contributed by atoms with Gasteiger partial charge in [-0.1, -0.05) is 12.1 Å². The van der Waals surface area contributed by atoms with Crippen LogP contribution in [0.4, 0.5) is 20.2 Å². The SMILES string of the molecule is COc1ccc(-c2cc(N(Cc3c(F)cc(N)cc3F)n3cnnc3)ccc2C#N)cc1. The number of methoxy groups -OCH3 is 1. The van der Waals surface area contributed by atoms with E-state index in [0.29, 0.717) is 22.6 Å². The van der Waals surface area contributed by atoms with Gasteiger partial charge < -0.3 is 10.5 Å². The molecule has 7 nitrogen and oxygen atoms in total. The molecule has 0 fully saturated rings. The predicted octanol–water partition coefficient (Wildman–Crippen LogP) is 4.16. The van der Waals surface area contributed by atoms with Crippen molar-refractivity contribution < 1.29 is 13.5 Å². The molecular formula is C23H18F2N6O. The smallest absolute Gasteiger partial charge is 0.139 e. The van der Waals surface area contributed by atoms with Crippen molar-refractivity contribution >= 4 is 11.4 Å². The third-order valence-electron chi connectivity index (χ3n) is 4.98. The molecule has 0 spiro atoms. The number of halogens is 2. The summed E-state index contributed by atoms with van der Waals surface area (Å²) in [7, 11) is 1.57. The second kappa shape index (κ2) is 8.73. The Kier molecular flexibility index (Phi) is 5.68. The minimum absolute atomic E-state index is 0.000220. The minimum atomic E-state index is -0.760. The normalized spacial score (nSPS) is 10.6. The number of nitrogen functional groups attached to an aromatic ring is 1. The summed E-state index contributed by atoms with van der Waals surface area (Å²) in [5.74, 6) is -0.835. The van der Waals surface area contributed by atoms with Gasteiger partial charge in [-0.25, -0.2) is 13.5 Å². The molecule has 0 aliphatic carbocycles. The van der Waals surface area contributed by atoms with E-state index in [2.05, 4.69) is 16.3 Å². The van der Waals surface area contributed by atoms with Gasteiger partial charge in [0.15, 0.2) is 0 Å². The third-order valence-corrected chi connectivity index (χ3v) is 4.98. The highest BCUT2D eigenvalue weighted by molar-refractivity contribution is 5.75. The zero-order valence-corrected chi connectivity index (χ0v) is 17.0. The lowest BCUT2D eigenvalue weighted by atomic mass is 9.99. The lowest BCUT2D eigenvalue weighted by Gasteiger charge is -2.26. The molecule has 0 radical (unpaired) electrons. The van der Waals surface area contributed by atoms with E-state index < -0.39 is 11.6 Å². The summed E-state index contributed by atoms with van der Waals surface area (Å²) in [6.07, 6.45) is 2.83. The fourth-order valence-corrected chi connectivity index (χ4v) is 3.35. The Morgan fingerprint density at radius 2 is 1.69 bits per heavy atom. The third kappa shape index (κ3) is 4.06. The molecule has 0 amide bonds. The van der Waals surface area contributed by atoms with E-state index in [1.807, 2.05) is 12.1 Å². The summed E-state index contributed by atoms with van der Waals surface area (Å²) in [5.41, 5.74) is 7.85. The number of nitrogens with two attached hydrogens (primary N) is 1. The first-order valence-electron chi connectivity index (χ1n) is 9.54. The van der Waals surface area contributed by atoms with Crippen molar-refractivity contribution in [2.45, 2.75) is 6.54 Å². The highest BCUT2D eigenvalue weighted by atomic mass is 19.1. The fraction of sp³-hybridized carbons (Fsp3) is 0.0870. The van der Waals surface area contributed by atoms with Gasteiger partial charge in [-0.2, -0.15) is 5.26 Å². The molecule has 32 heavy (non-hydrogen) atoms. The minimum Gasteiger partial charge on any atom is -0.497 e. The first-order chi connectivity index (χ1) is 15.5. The van der Waals surface area contributed by atoms with Gasteiger partial charge >= 0.3 is 0 Å². The largest absolute Gasteiger partial charge is 0.497 e. The van der Waals surface area contributed by atoms with E-state index >= 15 is 0 Å². The molecular weight excluding hydrogens is 414 g/mol. The van der Waals surface area contributed by atoms with Crippen molar-refractivity contribution in [1.29, 1.82) is 5.26 Å². The van der Waals surface area contributed by atoms with E-state index in [-0.39, 0.29) is 17.8 Å². The quantitative estimate of drug-likeness (QED) is 0.460. The van der Waals surface area contributed by atoms with E-state index in [4.69, 9.17) is 10.5 Å². The maximum Gasteiger partial charge on any atom is 0.139 e. The molecule has 2 N–H and O–H groups in total. The molecule has 0 bridgehead atoms. The second-order valence-electron chi connectivity index (χ2n) is 6.93. The molecule has 4 rings (SSSR count). The van der Waals surface area contributed by atoms with Crippen LogP contribution in [0.3, 0.4) is 0 Å². The molecule has 0 aliphatic rings. The molecule has 9 heteroatoms. The van der Waals surface area contributed by atoms with Gasteiger partial charge in [0, 0.05) is 16.8 Å². The van der Waals surface area contributed by atoms with Gasteiger partial charge in [0.25, 0.3) is 0 Å². The molecule has 0 saturated heterocycles. The molecule has 0 unspecified atom stereocenters. The standard InChI is InChI=1S/C23H18F2N6O/c1-32-19-6-3-15(4-7-19)20-10-18(5-2-16(20)11-26)31(30-13-28-29-14-30)12-21-22(24)8-17(27)9-23(21)25/h2-10,13-14H,12,27H2,1H3. The Bertz CT molecular complexity index is 1260. The molecule has 1 aromatic heterocycles. The van der Waals surface area contributed by atoms with E-state index in [0.717, 1.165) is 17.7 Å². The summed E-state index contributed by atoms with van der Waals surface area (Å²) in [6.45, 7) is -0.163. The number of anilines is 2. The monoisotopic (exact) mass is 432 g/mol. The Hall–Kier alpha value is -4.45. The van der Waals surface area contributed by atoms with Gasteiger partial charge in [-0.15, -0.1) is 10.2 Å². The number of ether oxygens (including phenoxy) is 1. The maximum absolute atomic E-state index is 14.5. The Balaban J connectivity index is 1.81. The van der Waals surface area contributed by atoms with Crippen LogP contribution in [0.1, 0.15) is 11.1 Å². The topological polar surface area (TPSA) is 93.0 Å². The summed E-state index contributed by atoms with van der Waals surface area (Å²) >= 11 is 0. The lowest BCUT2D eigenvalue weighted by Crippen LogP contribution is -2.29. The molecule has 0 saturated carbocycles. The zero-order valence-electron chi connectivity index (χ0n) is 17.0. The van der Waals surface area contributed by atoms with Crippen molar-refractivity contribution in [2.75, 3.05) is 17.9 Å². The van der Waals surface area contributed by atoms with Crippen LogP contribution in [0.25, 0.3) is 11.1 Å². The summed E-state index contributed by atoms with van der Waals surface area (Å²) in [4.78, 5) is 0. The van der Waals surface area contributed by atoms with E-state index in [9.17, 15) is 14.0 Å². The molecule has 0 aliphatic heterocycles. The van der Waals surface area contributed by atoms with E-state index in [1.165, 1.54) is 17.3 Å². The fourth-order valence-electron chi connectivity index (χ4n) is 3.35. The average Bonchev–Trinajstić information content (AvgIpc) is 3.33. The van der Waals surface area contributed by atoms with Gasteiger partial charge in [-0.05, 0) is 48.0 Å². The highest BCUT2D eigenvalue weighted by Gasteiger charge is 2.19. The number of benzene rings is 3. The van der Waals surface area contributed by atoms with Crippen molar-refractivity contribution in [1.82, 2.24) is 14.9 Å². The first kappa shape index (κ1) is 20.8. The lowest BCUT2D eigenvalue weighted by molar-refractivity contribution is 0.415. The first-order valence-corrected chi connectivity index (χ1v) is 9.54. The molecule has 1 heterocycles. The van der Waals surface area contributed by atoms with Crippen LogP contribution in [0.5, 0.6) is 5.75 Å². The van der Waals surface area contributed by atoms with Crippen LogP contribution >= 0.6 is 0 Å². The van der Waals surface area contributed by atoms with Crippen LogP contribution in [0, 0.1) is 23.0 Å². The maximum atomic E-state index is 14.5. The number of nitriles is 1. The Labute approximate surface area is 182 Å². The summed E-state index contributed by atoms with van der Waals surface area (Å²) in [5, 5.41) is 18.8. The highest BCUT2D eigenvalue weighted by Crippen LogP contribution is 2.31. The molecule has 0 atom stereocenters.